The smallest absolute Gasteiger partial charge is 0.191 e. The summed E-state index contributed by atoms with van der Waals surface area (Å²) in [6.07, 6.45) is 2.18. The summed E-state index contributed by atoms with van der Waals surface area (Å²) in [4.78, 5) is 4.66. The highest BCUT2D eigenvalue weighted by Gasteiger charge is 2.23. The molecule has 0 saturated heterocycles. The molecule has 0 bridgehead atoms. The van der Waals surface area contributed by atoms with Gasteiger partial charge in [-0.25, -0.2) is 0 Å². The Morgan fingerprint density at radius 3 is 2.41 bits per heavy atom. The van der Waals surface area contributed by atoms with E-state index in [0.29, 0.717) is 13.2 Å². The topological polar surface area (TPSA) is 54.9 Å². The van der Waals surface area contributed by atoms with Crippen LogP contribution >= 0.6 is 24.0 Å². The van der Waals surface area contributed by atoms with Gasteiger partial charge >= 0.3 is 0 Å². The first kappa shape index (κ1) is 26.1. The van der Waals surface area contributed by atoms with E-state index in [4.69, 9.17) is 9.47 Å². The average Bonchev–Trinajstić information content (AvgIpc) is 2.61. The second-order valence-corrected chi connectivity index (χ2v) is 7.48. The highest BCUT2D eigenvalue weighted by Crippen LogP contribution is 2.21. The van der Waals surface area contributed by atoms with Gasteiger partial charge in [0, 0.05) is 26.8 Å². The minimum atomic E-state index is 0. The van der Waals surface area contributed by atoms with Crippen molar-refractivity contribution in [3.05, 3.63) is 35.9 Å². The Bertz CT molecular complexity index is 504. The molecule has 1 aromatic carbocycles. The summed E-state index contributed by atoms with van der Waals surface area (Å²) in [6, 6.07) is 10.3. The number of unbranched alkanes of at least 4 members (excludes halogenated alkanes) is 1. The van der Waals surface area contributed by atoms with Gasteiger partial charge in [0.15, 0.2) is 5.96 Å². The molecule has 0 aromatic heterocycles. The molecule has 6 heteroatoms. The molecule has 0 spiro atoms. The Kier molecular flexibility index (Phi) is 14.6. The van der Waals surface area contributed by atoms with Gasteiger partial charge in [0.1, 0.15) is 0 Å². The van der Waals surface area contributed by atoms with Crippen LogP contribution in [-0.2, 0) is 16.1 Å². The van der Waals surface area contributed by atoms with Gasteiger partial charge < -0.3 is 20.1 Å². The van der Waals surface area contributed by atoms with Gasteiger partial charge in [0.05, 0.1) is 19.3 Å². The highest BCUT2D eigenvalue weighted by atomic mass is 127. The maximum absolute atomic E-state index is 5.72. The normalized spacial score (nSPS) is 13.0. The standard InChI is InChI=1S/C21H37N3O2.HI/c1-6-22-20(24-16-19(25-5)21(2,3)4)23-14-10-11-15-26-17-18-12-8-7-9-13-18;/h7-9,12-13,19H,6,10-11,14-17H2,1-5H3,(H2,22,23,24);1H. The Morgan fingerprint density at radius 2 is 1.81 bits per heavy atom. The third-order valence-electron chi connectivity index (χ3n) is 4.13. The van der Waals surface area contributed by atoms with Crippen molar-refractivity contribution in [1.82, 2.24) is 10.6 Å². The predicted molar refractivity (Wildman–Crippen MR) is 125 cm³/mol. The van der Waals surface area contributed by atoms with Crippen LogP contribution in [0.3, 0.4) is 0 Å². The van der Waals surface area contributed by atoms with Crippen molar-refractivity contribution in [2.45, 2.75) is 53.2 Å². The van der Waals surface area contributed by atoms with Crippen molar-refractivity contribution in [2.24, 2.45) is 10.4 Å². The maximum Gasteiger partial charge on any atom is 0.191 e. The molecule has 2 N–H and O–H groups in total. The van der Waals surface area contributed by atoms with E-state index in [2.05, 4.69) is 55.5 Å². The molecule has 0 saturated carbocycles. The lowest BCUT2D eigenvalue weighted by molar-refractivity contribution is 0.0241. The Labute approximate surface area is 182 Å². The van der Waals surface area contributed by atoms with Crippen LogP contribution in [0.15, 0.2) is 35.3 Å². The van der Waals surface area contributed by atoms with Crippen molar-refractivity contribution in [3.8, 4) is 0 Å². The average molecular weight is 491 g/mol. The number of guanidine groups is 1. The van der Waals surface area contributed by atoms with E-state index in [9.17, 15) is 0 Å². The maximum atomic E-state index is 5.72. The second-order valence-electron chi connectivity index (χ2n) is 7.48. The molecule has 0 fully saturated rings. The van der Waals surface area contributed by atoms with Gasteiger partial charge in [-0.15, -0.1) is 24.0 Å². The van der Waals surface area contributed by atoms with Crippen LogP contribution in [0, 0.1) is 5.41 Å². The van der Waals surface area contributed by atoms with Crippen molar-refractivity contribution in [3.63, 3.8) is 0 Å². The number of ether oxygens (including phenoxy) is 2. The number of hydrogen-bond acceptors (Lipinski definition) is 3. The van der Waals surface area contributed by atoms with E-state index in [0.717, 1.165) is 38.5 Å². The van der Waals surface area contributed by atoms with Crippen molar-refractivity contribution < 1.29 is 9.47 Å². The first-order valence-corrected chi connectivity index (χ1v) is 9.64. The van der Waals surface area contributed by atoms with Gasteiger partial charge in [0.2, 0.25) is 0 Å². The fourth-order valence-corrected chi connectivity index (χ4v) is 2.52. The number of methoxy groups -OCH3 is 1. The molecule has 0 heterocycles. The lowest BCUT2D eigenvalue weighted by atomic mass is 9.89. The first-order chi connectivity index (χ1) is 12.5. The summed E-state index contributed by atoms with van der Waals surface area (Å²) >= 11 is 0. The van der Waals surface area contributed by atoms with Gasteiger partial charge in [-0.1, -0.05) is 51.1 Å². The summed E-state index contributed by atoms with van der Waals surface area (Å²) in [6.45, 7) is 12.4. The summed E-state index contributed by atoms with van der Waals surface area (Å²) in [7, 11) is 1.75. The number of nitrogens with one attached hydrogen (secondary N) is 2. The molecule has 27 heavy (non-hydrogen) atoms. The van der Waals surface area contributed by atoms with E-state index in [1.165, 1.54) is 5.56 Å². The third kappa shape index (κ3) is 12.3. The van der Waals surface area contributed by atoms with Crippen LogP contribution in [0.5, 0.6) is 0 Å². The van der Waals surface area contributed by atoms with Gasteiger partial charge in [-0.05, 0) is 30.7 Å². The van der Waals surface area contributed by atoms with E-state index >= 15 is 0 Å². The number of benzene rings is 1. The molecule has 1 rings (SSSR count). The van der Waals surface area contributed by atoms with E-state index in [-0.39, 0.29) is 35.5 Å². The summed E-state index contributed by atoms with van der Waals surface area (Å²) < 4.78 is 11.3. The zero-order valence-electron chi connectivity index (χ0n) is 17.6. The zero-order chi connectivity index (χ0) is 19.3. The number of rotatable bonds is 11. The monoisotopic (exact) mass is 491 g/mol. The fourth-order valence-electron chi connectivity index (χ4n) is 2.52. The molecule has 1 aromatic rings. The summed E-state index contributed by atoms with van der Waals surface area (Å²) in [5, 5.41) is 6.68. The molecular formula is C21H38IN3O2. The van der Waals surface area contributed by atoms with E-state index in [1.807, 2.05) is 18.2 Å². The Hall–Kier alpha value is -0.860. The number of nitrogens with zero attached hydrogens (tertiary/aromatic N) is 1. The molecule has 5 nitrogen and oxygen atoms in total. The molecule has 0 aliphatic heterocycles. The fraction of sp³-hybridized carbons (Fsp3) is 0.667. The number of halogens is 1. The number of hydrogen-bond donors (Lipinski definition) is 2. The predicted octanol–water partition coefficient (Wildman–Crippen LogP) is 4.22. The summed E-state index contributed by atoms with van der Waals surface area (Å²) in [5.41, 5.74) is 1.30. The highest BCUT2D eigenvalue weighted by molar-refractivity contribution is 14.0. The minimum Gasteiger partial charge on any atom is -0.379 e. The van der Waals surface area contributed by atoms with Crippen LogP contribution < -0.4 is 10.6 Å². The summed E-state index contributed by atoms with van der Waals surface area (Å²) in [5.74, 6) is 0.851. The van der Waals surface area contributed by atoms with Crippen LogP contribution in [-0.4, -0.2) is 45.4 Å². The molecule has 0 amide bonds. The third-order valence-corrected chi connectivity index (χ3v) is 4.13. The Morgan fingerprint density at radius 1 is 1.11 bits per heavy atom. The van der Waals surface area contributed by atoms with E-state index in [1.54, 1.807) is 7.11 Å². The minimum absolute atomic E-state index is 0. The van der Waals surface area contributed by atoms with Crippen LogP contribution in [0.4, 0.5) is 0 Å². The van der Waals surface area contributed by atoms with Crippen LogP contribution in [0.25, 0.3) is 0 Å². The van der Waals surface area contributed by atoms with Gasteiger partial charge in [0.25, 0.3) is 0 Å². The van der Waals surface area contributed by atoms with Crippen molar-refractivity contribution in [2.75, 3.05) is 33.4 Å². The zero-order valence-corrected chi connectivity index (χ0v) is 19.9. The molecular weight excluding hydrogens is 453 g/mol. The number of aliphatic imine (C=N–C) groups is 1. The SMILES string of the molecule is CCNC(=NCC(OC)C(C)(C)C)NCCCCOCc1ccccc1.I. The molecule has 1 unspecified atom stereocenters. The lowest BCUT2D eigenvalue weighted by Crippen LogP contribution is -2.39. The molecule has 0 aliphatic carbocycles. The first-order valence-electron chi connectivity index (χ1n) is 9.64. The van der Waals surface area contributed by atoms with Crippen LogP contribution in [0.2, 0.25) is 0 Å². The molecule has 0 aliphatic rings. The van der Waals surface area contributed by atoms with Crippen molar-refractivity contribution in [1.29, 1.82) is 0 Å². The molecule has 0 radical (unpaired) electrons. The van der Waals surface area contributed by atoms with Crippen LogP contribution in [0.1, 0.15) is 46.1 Å². The molecule has 1 atom stereocenters. The lowest BCUT2D eigenvalue weighted by Gasteiger charge is -2.28. The van der Waals surface area contributed by atoms with Crippen molar-refractivity contribution >= 4 is 29.9 Å². The van der Waals surface area contributed by atoms with E-state index < -0.39 is 0 Å². The largest absolute Gasteiger partial charge is 0.379 e. The second kappa shape index (κ2) is 15.1. The van der Waals surface area contributed by atoms with Gasteiger partial charge in [-0.3, -0.25) is 4.99 Å². The molecule has 156 valence electrons. The van der Waals surface area contributed by atoms with Gasteiger partial charge in [-0.2, -0.15) is 0 Å². The quantitative estimate of drug-likeness (QED) is 0.211. The Balaban J connectivity index is 0.00000676.